The zero-order chi connectivity index (χ0) is 13.9. The first-order valence-electron chi connectivity index (χ1n) is 6.51. The lowest BCUT2D eigenvalue weighted by Crippen LogP contribution is -2.30. The number of carbonyl (C=O) groups is 1. The van der Waals surface area contributed by atoms with E-state index in [1.165, 1.54) is 6.39 Å². The summed E-state index contributed by atoms with van der Waals surface area (Å²) in [6, 6.07) is 7.81. The summed E-state index contributed by atoms with van der Waals surface area (Å²) in [5.41, 5.74) is 1.01. The van der Waals surface area contributed by atoms with E-state index < -0.39 is 0 Å². The number of amides is 1. The van der Waals surface area contributed by atoms with Gasteiger partial charge in [-0.15, -0.1) is 0 Å². The van der Waals surface area contributed by atoms with Crippen molar-refractivity contribution in [3.8, 4) is 0 Å². The summed E-state index contributed by atoms with van der Waals surface area (Å²) in [7, 11) is 0. The van der Waals surface area contributed by atoms with Crippen molar-refractivity contribution in [2.45, 2.75) is 18.8 Å². The van der Waals surface area contributed by atoms with Crippen LogP contribution in [0.15, 0.2) is 39.7 Å². The smallest absolute Gasteiger partial charge is 0.227 e. The van der Waals surface area contributed by atoms with E-state index in [9.17, 15) is 4.79 Å². The van der Waals surface area contributed by atoms with E-state index in [1.54, 1.807) is 0 Å². The highest BCUT2D eigenvalue weighted by Crippen LogP contribution is 2.25. The van der Waals surface area contributed by atoms with Crippen molar-refractivity contribution < 1.29 is 9.32 Å². The molecule has 2 heterocycles. The monoisotopic (exact) mass is 335 g/mol. The summed E-state index contributed by atoms with van der Waals surface area (Å²) in [5.74, 6) is 1.03. The predicted octanol–water partition coefficient (Wildman–Crippen LogP) is 2.39. The SMILES string of the molecule is O=C(Cc1ccccc1Br)N1CC[C@@H](c2ncon2)C1. The minimum Gasteiger partial charge on any atom is -0.343 e. The molecule has 0 N–H and O–H groups in total. The molecule has 3 rings (SSSR count). The average Bonchev–Trinajstić information content (AvgIpc) is 3.11. The van der Waals surface area contributed by atoms with Crippen LogP contribution >= 0.6 is 15.9 Å². The minimum atomic E-state index is 0.142. The molecule has 1 aliphatic heterocycles. The van der Waals surface area contributed by atoms with E-state index in [4.69, 9.17) is 4.52 Å². The molecule has 0 bridgehead atoms. The Labute approximate surface area is 125 Å². The summed E-state index contributed by atoms with van der Waals surface area (Å²) in [6.45, 7) is 1.42. The molecule has 0 saturated carbocycles. The van der Waals surface area contributed by atoms with Crippen LogP contribution < -0.4 is 0 Å². The van der Waals surface area contributed by atoms with Gasteiger partial charge in [-0.25, -0.2) is 0 Å². The number of rotatable bonds is 3. The molecule has 1 saturated heterocycles. The molecule has 1 aromatic heterocycles. The van der Waals surface area contributed by atoms with E-state index in [1.807, 2.05) is 29.2 Å². The lowest BCUT2D eigenvalue weighted by molar-refractivity contribution is -0.129. The molecule has 0 unspecified atom stereocenters. The van der Waals surface area contributed by atoms with Gasteiger partial charge in [-0.2, -0.15) is 4.98 Å². The Morgan fingerprint density at radius 3 is 3.05 bits per heavy atom. The minimum absolute atomic E-state index is 0.142. The Kier molecular flexibility index (Phi) is 3.82. The van der Waals surface area contributed by atoms with Crippen LogP contribution in [0.3, 0.4) is 0 Å². The van der Waals surface area contributed by atoms with Crippen molar-refractivity contribution >= 4 is 21.8 Å². The molecule has 1 fully saturated rings. The number of likely N-dealkylation sites (tertiary alicyclic amines) is 1. The van der Waals surface area contributed by atoms with Gasteiger partial charge >= 0.3 is 0 Å². The molecule has 2 aromatic rings. The lowest BCUT2D eigenvalue weighted by atomic mass is 10.1. The van der Waals surface area contributed by atoms with E-state index in [0.29, 0.717) is 18.8 Å². The molecular formula is C14H14BrN3O2. The molecule has 5 nitrogen and oxygen atoms in total. The van der Waals surface area contributed by atoms with E-state index in [0.717, 1.165) is 23.0 Å². The van der Waals surface area contributed by atoms with Gasteiger partial charge in [-0.1, -0.05) is 39.3 Å². The van der Waals surface area contributed by atoms with Crippen LogP contribution in [-0.4, -0.2) is 34.0 Å². The molecule has 104 valence electrons. The highest BCUT2D eigenvalue weighted by molar-refractivity contribution is 9.10. The van der Waals surface area contributed by atoms with Crippen molar-refractivity contribution in [1.29, 1.82) is 0 Å². The van der Waals surface area contributed by atoms with Crippen LogP contribution in [0.4, 0.5) is 0 Å². The van der Waals surface area contributed by atoms with Gasteiger partial charge in [0.25, 0.3) is 0 Å². The fraction of sp³-hybridized carbons (Fsp3) is 0.357. The van der Waals surface area contributed by atoms with Gasteiger partial charge in [-0.05, 0) is 18.1 Å². The van der Waals surface area contributed by atoms with Crippen LogP contribution in [0.5, 0.6) is 0 Å². The van der Waals surface area contributed by atoms with Gasteiger partial charge in [-0.3, -0.25) is 4.79 Å². The van der Waals surface area contributed by atoms with E-state index in [2.05, 4.69) is 26.1 Å². The van der Waals surface area contributed by atoms with Crippen molar-refractivity contribution in [1.82, 2.24) is 15.0 Å². The van der Waals surface area contributed by atoms with Gasteiger partial charge in [0.1, 0.15) is 0 Å². The third kappa shape index (κ3) is 2.75. The molecule has 6 heteroatoms. The second-order valence-electron chi connectivity index (χ2n) is 4.88. The molecule has 0 spiro atoms. The third-order valence-electron chi connectivity index (χ3n) is 3.58. The molecule has 0 radical (unpaired) electrons. The highest BCUT2D eigenvalue weighted by atomic mass is 79.9. The van der Waals surface area contributed by atoms with Crippen molar-refractivity contribution in [3.05, 3.63) is 46.5 Å². The zero-order valence-corrected chi connectivity index (χ0v) is 12.4. The number of hydrogen-bond acceptors (Lipinski definition) is 4. The summed E-state index contributed by atoms with van der Waals surface area (Å²) in [6.07, 6.45) is 2.64. The van der Waals surface area contributed by atoms with Crippen LogP contribution in [-0.2, 0) is 11.2 Å². The fourth-order valence-corrected chi connectivity index (χ4v) is 2.90. The zero-order valence-electron chi connectivity index (χ0n) is 10.8. The lowest BCUT2D eigenvalue weighted by Gasteiger charge is -2.16. The van der Waals surface area contributed by atoms with Crippen molar-refractivity contribution in [2.75, 3.05) is 13.1 Å². The Balaban J connectivity index is 1.63. The Morgan fingerprint density at radius 2 is 2.30 bits per heavy atom. The van der Waals surface area contributed by atoms with Crippen LogP contribution in [0.2, 0.25) is 0 Å². The molecule has 1 amide bonds. The van der Waals surface area contributed by atoms with Gasteiger partial charge in [0.2, 0.25) is 12.3 Å². The maximum absolute atomic E-state index is 12.3. The first kappa shape index (κ1) is 13.3. The highest BCUT2D eigenvalue weighted by Gasteiger charge is 2.29. The molecule has 1 atom stereocenters. The summed E-state index contributed by atoms with van der Waals surface area (Å²) < 4.78 is 5.74. The quantitative estimate of drug-likeness (QED) is 0.864. The summed E-state index contributed by atoms with van der Waals surface area (Å²) in [4.78, 5) is 18.3. The van der Waals surface area contributed by atoms with Gasteiger partial charge in [0.05, 0.1) is 6.42 Å². The number of halogens is 1. The maximum atomic E-state index is 12.3. The molecule has 1 aromatic carbocycles. The predicted molar refractivity (Wildman–Crippen MR) is 76.1 cm³/mol. The number of carbonyl (C=O) groups excluding carboxylic acids is 1. The van der Waals surface area contributed by atoms with E-state index >= 15 is 0 Å². The first-order valence-corrected chi connectivity index (χ1v) is 7.31. The number of benzene rings is 1. The van der Waals surface area contributed by atoms with Crippen molar-refractivity contribution in [3.63, 3.8) is 0 Å². The second kappa shape index (κ2) is 5.75. The van der Waals surface area contributed by atoms with Gasteiger partial charge in [0, 0.05) is 23.5 Å². The molecule has 0 aliphatic carbocycles. The largest absolute Gasteiger partial charge is 0.343 e. The van der Waals surface area contributed by atoms with Gasteiger partial charge < -0.3 is 9.42 Å². The van der Waals surface area contributed by atoms with Crippen LogP contribution in [0, 0.1) is 0 Å². The topological polar surface area (TPSA) is 59.2 Å². The van der Waals surface area contributed by atoms with Crippen LogP contribution in [0.25, 0.3) is 0 Å². The Hall–Kier alpha value is -1.69. The normalized spacial score (nSPS) is 18.4. The maximum Gasteiger partial charge on any atom is 0.227 e. The molecule has 20 heavy (non-hydrogen) atoms. The second-order valence-corrected chi connectivity index (χ2v) is 5.74. The standard InChI is InChI=1S/C14H14BrN3O2/c15-12-4-2-1-3-10(12)7-13(19)18-6-5-11(8-18)14-16-9-20-17-14/h1-4,9,11H,5-8H2/t11-/m1/s1. The molecule has 1 aliphatic rings. The molecular weight excluding hydrogens is 322 g/mol. The third-order valence-corrected chi connectivity index (χ3v) is 4.36. The summed E-state index contributed by atoms with van der Waals surface area (Å²) >= 11 is 3.47. The average molecular weight is 336 g/mol. The number of hydrogen-bond donors (Lipinski definition) is 0. The van der Waals surface area contributed by atoms with Crippen LogP contribution in [0.1, 0.15) is 23.7 Å². The Morgan fingerprint density at radius 1 is 1.45 bits per heavy atom. The fourth-order valence-electron chi connectivity index (χ4n) is 2.47. The van der Waals surface area contributed by atoms with Gasteiger partial charge in [0.15, 0.2) is 5.82 Å². The number of nitrogens with zero attached hydrogens (tertiary/aromatic N) is 3. The number of aromatic nitrogens is 2. The first-order chi connectivity index (χ1) is 9.74. The summed E-state index contributed by atoms with van der Waals surface area (Å²) in [5, 5.41) is 3.86. The van der Waals surface area contributed by atoms with Crippen molar-refractivity contribution in [2.24, 2.45) is 0 Å². The Bertz CT molecular complexity index is 600. The van der Waals surface area contributed by atoms with E-state index in [-0.39, 0.29) is 11.8 Å².